The fraction of sp³-hybridized carbons (Fsp3) is 0.562. The van der Waals surface area contributed by atoms with Crippen molar-refractivity contribution in [3.05, 3.63) is 35.4 Å². The molecule has 1 heterocycles. The van der Waals surface area contributed by atoms with E-state index in [0.717, 1.165) is 18.8 Å². The maximum absolute atomic E-state index is 12.2. The zero-order chi connectivity index (χ0) is 13.4. The molecular weight excluding hydrogens is 236 g/mol. The van der Waals surface area contributed by atoms with E-state index in [4.69, 9.17) is 0 Å². The Bertz CT molecular complexity index is 485. The number of benzene rings is 1. The number of aryl methyl sites for hydroxylation is 1. The van der Waals surface area contributed by atoms with E-state index >= 15 is 0 Å². The molecule has 1 aliphatic heterocycles. The number of carbonyl (C=O) groups is 1. The lowest BCUT2D eigenvalue weighted by Crippen LogP contribution is -2.38. The minimum atomic E-state index is 0.0731. The van der Waals surface area contributed by atoms with Crippen molar-refractivity contribution in [2.24, 2.45) is 5.92 Å². The van der Waals surface area contributed by atoms with Crippen molar-refractivity contribution in [2.75, 3.05) is 6.54 Å². The Balaban J connectivity index is 1.88. The van der Waals surface area contributed by atoms with Gasteiger partial charge in [0.1, 0.15) is 6.17 Å². The third-order valence-corrected chi connectivity index (χ3v) is 4.56. The van der Waals surface area contributed by atoms with Crippen LogP contribution in [0.3, 0.4) is 0 Å². The van der Waals surface area contributed by atoms with Crippen LogP contribution in [0.15, 0.2) is 24.3 Å². The molecule has 0 aromatic heterocycles. The van der Waals surface area contributed by atoms with E-state index in [1.54, 1.807) is 0 Å². The van der Waals surface area contributed by atoms with Crippen LogP contribution < -0.4 is 5.32 Å². The zero-order valence-electron chi connectivity index (χ0n) is 11.7. The number of rotatable bonds is 2. The summed E-state index contributed by atoms with van der Waals surface area (Å²) in [6.07, 6.45) is 3.62. The zero-order valence-corrected chi connectivity index (χ0v) is 11.7. The Morgan fingerprint density at radius 2 is 2.05 bits per heavy atom. The highest BCUT2D eigenvalue weighted by molar-refractivity contribution is 5.81. The molecule has 1 N–H and O–H groups in total. The summed E-state index contributed by atoms with van der Waals surface area (Å²) in [5, 5.41) is 3.38. The summed E-state index contributed by atoms with van der Waals surface area (Å²) in [4.78, 5) is 14.3. The van der Waals surface area contributed by atoms with Gasteiger partial charge in [0, 0.05) is 6.04 Å². The van der Waals surface area contributed by atoms with E-state index in [-0.39, 0.29) is 12.1 Å². The van der Waals surface area contributed by atoms with E-state index in [2.05, 4.69) is 48.3 Å². The fourth-order valence-corrected chi connectivity index (χ4v) is 3.52. The molecule has 19 heavy (non-hydrogen) atoms. The molecule has 1 aromatic carbocycles. The second kappa shape index (κ2) is 4.97. The molecule has 1 aromatic rings. The highest BCUT2D eigenvalue weighted by Crippen LogP contribution is 2.35. The molecule has 1 saturated carbocycles. The molecule has 3 atom stereocenters. The van der Waals surface area contributed by atoms with Gasteiger partial charge in [-0.15, -0.1) is 0 Å². The predicted octanol–water partition coefficient (Wildman–Crippen LogP) is 2.61. The molecule has 0 radical (unpaired) electrons. The van der Waals surface area contributed by atoms with Crippen molar-refractivity contribution in [2.45, 2.75) is 45.3 Å². The second-order valence-electron chi connectivity index (χ2n) is 6.01. The lowest BCUT2D eigenvalue weighted by atomic mass is 10.0. The minimum absolute atomic E-state index is 0.0731. The van der Waals surface area contributed by atoms with Gasteiger partial charge in [0.25, 0.3) is 0 Å². The van der Waals surface area contributed by atoms with Crippen molar-refractivity contribution < 1.29 is 4.79 Å². The van der Waals surface area contributed by atoms with Crippen LogP contribution >= 0.6 is 0 Å². The largest absolute Gasteiger partial charge is 0.319 e. The highest BCUT2D eigenvalue weighted by atomic mass is 16.2. The van der Waals surface area contributed by atoms with Crippen LogP contribution in [0.4, 0.5) is 0 Å². The third kappa shape index (κ3) is 2.27. The van der Waals surface area contributed by atoms with Gasteiger partial charge >= 0.3 is 0 Å². The lowest BCUT2D eigenvalue weighted by Gasteiger charge is -2.31. The van der Waals surface area contributed by atoms with Gasteiger partial charge in [-0.3, -0.25) is 10.1 Å². The first-order chi connectivity index (χ1) is 9.16. The normalized spacial score (nSPS) is 31.2. The first-order valence-electron chi connectivity index (χ1n) is 7.27. The quantitative estimate of drug-likeness (QED) is 0.884. The van der Waals surface area contributed by atoms with Crippen LogP contribution in [0.1, 0.15) is 43.5 Å². The summed E-state index contributed by atoms with van der Waals surface area (Å²) in [6.45, 7) is 4.88. The SMILES string of the molecule is Cc1ccccc1C1NCC(=O)N1C1CCC(C)C1. The lowest BCUT2D eigenvalue weighted by molar-refractivity contribution is -0.130. The van der Waals surface area contributed by atoms with E-state index in [1.165, 1.54) is 17.5 Å². The van der Waals surface area contributed by atoms with Gasteiger partial charge in [0.05, 0.1) is 6.54 Å². The van der Waals surface area contributed by atoms with Crippen LogP contribution in [0.5, 0.6) is 0 Å². The molecule has 3 nitrogen and oxygen atoms in total. The first-order valence-corrected chi connectivity index (χ1v) is 7.27. The third-order valence-electron chi connectivity index (χ3n) is 4.56. The minimum Gasteiger partial charge on any atom is -0.319 e. The standard InChI is InChI=1S/C16H22N2O/c1-11-7-8-13(9-11)18-15(19)10-17-16(18)14-6-4-3-5-12(14)2/h3-6,11,13,16-17H,7-10H2,1-2H3. The Hall–Kier alpha value is -1.35. The molecule has 1 saturated heterocycles. The monoisotopic (exact) mass is 258 g/mol. The summed E-state index contributed by atoms with van der Waals surface area (Å²) < 4.78 is 0. The van der Waals surface area contributed by atoms with Gasteiger partial charge in [-0.2, -0.15) is 0 Å². The van der Waals surface area contributed by atoms with E-state index in [9.17, 15) is 4.79 Å². The molecule has 0 spiro atoms. The maximum atomic E-state index is 12.2. The average molecular weight is 258 g/mol. The van der Waals surface area contributed by atoms with Gasteiger partial charge in [0.2, 0.25) is 5.91 Å². The number of nitrogens with zero attached hydrogens (tertiary/aromatic N) is 1. The van der Waals surface area contributed by atoms with Crippen LogP contribution in [0, 0.1) is 12.8 Å². The molecular formula is C16H22N2O. The summed E-state index contributed by atoms with van der Waals surface area (Å²) in [5.41, 5.74) is 2.50. The predicted molar refractivity (Wildman–Crippen MR) is 75.6 cm³/mol. The average Bonchev–Trinajstić information content (AvgIpc) is 2.96. The number of nitrogens with one attached hydrogen (secondary N) is 1. The summed E-state index contributed by atoms with van der Waals surface area (Å²) in [7, 11) is 0. The maximum Gasteiger partial charge on any atom is 0.238 e. The van der Waals surface area contributed by atoms with Gasteiger partial charge in [-0.25, -0.2) is 0 Å². The number of amides is 1. The number of carbonyl (C=O) groups excluding carboxylic acids is 1. The Morgan fingerprint density at radius 3 is 2.74 bits per heavy atom. The van der Waals surface area contributed by atoms with Crippen molar-refractivity contribution >= 4 is 5.91 Å². The molecule has 3 heteroatoms. The smallest absolute Gasteiger partial charge is 0.238 e. The summed E-state index contributed by atoms with van der Waals surface area (Å²) >= 11 is 0. The molecule has 102 valence electrons. The Kier molecular flexibility index (Phi) is 3.31. The first kappa shape index (κ1) is 12.7. The van der Waals surface area contributed by atoms with Crippen LogP contribution in [-0.2, 0) is 4.79 Å². The van der Waals surface area contributed by atoms with Crippen LogP contribution in [0.2, 0.25) is 0 Å². The van der Waals surface area contributed by atoms with Crippen molar-refractivity contribution in [3.63, 3.8) is 0 Å². The van der Waals surface area contributed by atoms with Crippen LogP contribution in [-0.4, -0.2) is 23.4 Å². The molecule has 1 aliphatic carbocycles. The molecule has 0 bridgehead atoms. The van der Waals surface area contributed by atoms with E-state index < -0.39 is 0 Å². The van der Waals surface area contributed by atoms with Crippen molar-refractivity contribution in [3.8, 4) is 0 Å². The van der Waals surface area contributed by atoms with E-state index in [0.29, 0.717) is 12.6 Å². The molecule has 1 amide bonds. The highest BCUT2D eigenvalue weighted by Gasteiger charge is 2.39. The Morgan fingerprint density at radius 1 is 1.26 bits per heavy atom. The number of hydrogen-bond donors (Lipinski definition) is 1. The van der Waals surface area contributed by atoms with Gasteiger partial charge < -0.3 is 4.90 Å². The summed E-state index contributed by atoms with van der Waals surface area (Å²) in [5.74, 6) is 1.00. The van der Waals surface area contributed by atoms with Gasteiger partial charge in [-0.1, -0.05) is 31.2 Å². The van der Waals surface area contributed by atoms with Crippen molar-refractivity contribution in [1.29, 1.82) is 0 Å². The molecule has 3 unspecified atom stereocenters. The topological polar surface area (TPSA) is 32.3 Å². The van der Waals surface area contributed by atoms with Crippen LogP contribution in [0.25, 0.3) is 0 Å². The number of hydrogen-bond acceptors (Lipinski definition) is 2. The Labute approximate surface area is 115 Å². The second-order valence-corrected chi connectivity index (χ2v) is 6.01. The van der Waals surface area contributed by atoms with Gasteiger partial charge in [0.15, 0.2) is 0 Å². The van der Waals surface area contributed by atoms with E-state index in [1.807, 2.05) is 0 Å². The van der Waals surface area contributed by atoms with Gasteiger partial charge in [-0.05, 0) is 43.2 Å². The molecule has 2 aliphatic rings. The summed E-state index contributed by atoms with van der Waals surface area (Å²) in [6, 6.07) is 8.79. The fourth-order valence-electron chi connectivity index (χ4n) is 3.52. The molecule has 2 fully saturated rings. The van der Waals surface area contributed by atoms with Crippen molar-refractivity contribution in [1.82, 2.24) is 10.2 Å². The molecule has 3 rings (SSSR count).